The van der Waals surface area contributed by atoms with E-state index in [1.54, 1.807) is 0 Å². The molecule has 4 rings (SSSR count). The predicted octanol–water partition coefficient (Wildman–Crippen LogP) is 7.21. The summed E-state index contributed by atoms with van der Waals surface area (Å²) in [7, 11) is 0. The van der Waals surface area contributed by atoms with E-state index in [4.69, 9.17) is 16.3 Å². The molecule has 4 nitrogen and oxygen atoms in total. The van der Waals surface area contributed by atoms with Crippen LogP contribution < -0.4 is 4.90 Å². The summed E-state index contributed by atoms with van der Waals surface area (Å²) in [5.74, 6) is -0.0775. The highest BCUT2D eigenvalue weighted by atomic mass is 35.5. The summed E-state index contributed by atoms with van der Waals surface area (Å²) in [6, 6.07) is 26.9. The van der Waals surface area contributed by atoms with E-state index >= 15 is 0 Å². The number of ether oxygens (including phenoxy) is 1. The van der Waals surface area contributed by atoms with Gasteiger partial charge in [0.25, 0.3) is 0 Å². The van der Waals surface area contributed by atoms with Gasteiger partial charge >= 0.3 is 5.97 Å². The largest absolute Gasteiger partial charge is 0.465 e. The smallest absolute Gasteiger partial charge is 0.316 e. The molecule has 0 radical (unpaired) electrons. The lowest BCUT2D eigenvalue weighted by molar-refractivity contribution is -0.151. The van der Waals surface area contributed by atoms with E-state index in [-0.39, 0.29) is 5.97 Å². The molecule has 0 aromatic heterocycles. The Kier molecular flexibility index (Phi) is 9.65. The van der Waals surface area contributed by atoms with Crippen LogP contribution in [0.2, 0.25) is 5.02 Å². The van der Waals surface area contributed by atoms with Crippen molar-refractivity contribution in [3.05, 3.63) is 89.4 Å². The molecule has 0 N–H and O–H groups in total. The average Bonchev–Trinajstić information content (AvgIpc) is 2.95. The number of rotatable bonds is 11. The second kappa shape index (κ2) is 13.1. The van der Waals surface area contributed by atoms with Crippen molar-refractivity contribution in [3.63, 3.8) is 0 Å². The van der Waals surface area contributed by atoms with Crippen LogP contribution in [0, 0.1) is 0 Å². The number of halogens is 1. The molecule has 5 heteroatoms. The van der Waals surface area contributed by atoms with Crippen LogP contribution in [-0.2, 0) is 14.9 Å². The van der Waals surface area contributed by atoms with Crippen LogP contribution in [0.1, 0.15) is 45.1 Å². The monoisotopic (exact) mass is 518 g/mol. The molecule has 1 heterocycles. The number of anilines is 1. The second-order valence-electron chi connectivity index (χ2n) is 9.90. The van der Waals surface area contributed by atoms with Crippen molar-refractivity contribution < 1.29 is 9.53 Å². The van der Waals surface area contributed by atoms with Crippen LogP contribution in [0.5, 0.6) is 0 Å². The highest BCUT2D eigenvalue weighted by Gasteiger charge is 2.39. The zero-order valence-electron chi connectivity index (χ0n) is 22.2. The first kappa shape index (κ1) is 27.2. The van der Waals surface area contributed by atoms with E-state index in [9.17, 15) is 4.79 Å². The number of benzene rings is 3. The third-order valence-electron chi connectivity index (χ3n) is 7.60. The van der Waals surface area contributed by atoms with E-state index in [2.05, 4.69) is 59.2 Å². The van der Waals surface area contributed by atoms with Gasteiger partial charge in [0.2, 0.25) is 0 Å². The molecule has 196 valence electrons. The van der Waals surface area contributed by atoms with Crippen LogP contribution in [0.25, 0.3) is 11.1 Å². The van der Waals surface area contributed by atoms with Crippen molar-refractivity contribution >= 4 is 23.3 Å². The van der Waals surface area contributed by atoms with Crippen molar-refractivity contribution in [2.45, 2.75) is 44.9 Å². The molecule has 0 aliphatic carbocycles. The molecular formula is C32H39ClN2O2. The van der Waals surface area contributed by atoms with Crippen molar-refractivity contribution in [1.82, 2.24) is 4.90 Å². The van der Waals surface area contributed by atoms with Gasteiger partial charge in [-0.15, -0.1) is 0 Å². The molecule has 0 saturated carbocycles. The van der Waals surface area contributed by atoms with Crippen molar-refractivity contribution in [2.24, 2.45) is 0 Å². The van der Waals surface area contributed by atoms with Crippen LogP contribution >= 0.6 is 11.6 Å². The van der Waals surface area contributed by atoms with Gasteiger partial charge in [-0.25, -0.2) is 0 Å². The van der Waals surface area contributed by atoms with Gasteiger partial charge in [-0.2, -0.15) is 0 Å². The molecular weight excluding hydrogens is 480 g/mol. The van der Waals surface area contributed by atoms with Gasteiger partial charge in [-0.05, 0) is 61.6 Å². The van der Waals surface area contributed by atoms with Gasteiger partial charge in [-0.1, -0.05) is 86.1 Å². The summed E-state index contributed by atoms with van der Waals surface area (Å²) in [4.78, 5) is 18.2. The van der Waals surface area contributed by atoms with Crippen LogP contribution in [-0.4, -0.2) is 50.2 Å². The summed E-state index contributed by atoms with van der Waals surface area (Å²) in [5.41, 5.74) is 3.96. The zero-order chi connectivity index (χ0) is 26.1. The second-order valence-corrected chi connectivity index (χ2v) is 10.3. The van der Waals surface area contributed by atoms with Gasteiger partial charge in [-0.3, -0.25) is 9.69 Å². The fourth-order valence-corrected chi connectivity index (χ4v) is 5.62. The highest BCUT2D eigenvalue weighted by Crippen LogP contribution is 2.35. The van der Waals surface area contributed by atoms with E-state index in [0.717, 1.165) is 80.1 Å². The Morgan fingerprint density at radius 1 is 0.919 bits per heavy atom. The normalized spacial score (nSPS) is 15.8. The molecule has 3 aromatic carbocycles. The Labute approximate surface area is 227 Å². The van der Waals surface area contributed by atoms with Gasteiger partial charge in [0.15, 0.2) is 0 Å². The Morgan fingerprint density at radius 2 is 1.65 bits per heavy atom. The Bertz CT molecular complexity index is 1140. The molecule has 1 aliphatic rings. The lowest BCUT2D eigenvalue weighted by atomic mass is 9.74. The first-order valence-corrected chi connectivity index (χ1v) is 14.0. The lowest BCUT2D eigenvalue weighted by Gasteiger charge is -2.37. The topological polar surface area (TPSA) is 32.8 Å². The fraction of sp³-hybridized carbons (Fsp3) is 0.406. The molecule has 1 saturated heterocycles. The SMILES string of the molecule is CCCOC(=O)C(CC)(CCCN1CCN(c2cccc(-c3ccccc3Cl)c2)CC1)c1ccccc1. The summed E-state index contributed by atoms with van der Waals surface area (Å²) in [6.45, 7) is 9.62. The third kappa shape index (κ3) is 6.55. The van der Waals surface area contributed by atoms with Crippen LogP contribution in [0.3, 0.4) is 0 Å². The average molecular weight is 519 g/mol. The van der Waals surface area contributed by atoms with Crippen LogP contribution in [0.15, 0.2) is 78.9 Å². The van der Waals surface area contributed by atoms with E-state index in [0.29, 0.717) is 6.61 Å². The van der Waals surface area contributed by atoms with Crippen molar-refractivity contribution in [1.29, 1.82) is 0 Å². The third-order valence-corrected chi connectivity index (χ3v) is 7.93. The van der Waals surface area contributed by atoms with Crippen molar-refractivity contribution in [2.75, 3.05) is 44.2 Å². The van der Waals surface area contributed by atoms with Gasteiger partial charge < -0.3 is 9.64 Å². The molecule has 0 bridgehead atoms. The molecule has 3 aromatic rings. The van der Waals surface area contributed by atoms with Gasteiger partial charge in [0.05, 0.1) is 12.0 Å². The minimum absolute atomic E-state index is 0.0775. The number of esters is 1. The Hall–Kier alpha value is -2.82. The minimum atomic E-state index is -0.572. The molecule has 1 unspecified atom stereocenters. The zero-order valence-corrected chi connectivity index (χ0v) is 22.9. The van der Waals surface area contributed by atoms with E-state index in [1.165, 1.54) is 5.69 Å². The van der Waals surface area contributed by atoms with Gasteiger partial charge in [0, 0.05) is 42.5 Å². The fourth-order valence-electron chi connectivity index (χ4n) is 5.38. The minimum Gasteiger partial charge on any atom is -0.465 e. The maximum absolute atomic E-state index is 13.2. The Balaban J connectivity index is 1.35. The Morgan fingerprint density at radius 3 is 2.35 bits per heavy atom. The molecule has 1 atom stereocenters. The maximum atomic E-state index is 13.2. The lowest BCUT2D eigenvalue weighted by Crippen LogP contribution is -2.47. The number of piperazine rings is 1. The number of carbonyl (C=O) groups excluding carboxylic acids is 1. The molecule has 37 heavy (non-hydrogen) atoms. The summed E-state index contributed by atoms with van der Waals surface area (Å²) in [6.07, 6.45) is 3.35. The summed E-state index contributed by atoms with van der Waals surface area (Å²) < 4.78 is 5.69. The van der Waals surface area contributed by atoms with Gasteiger partial charge in [0.1, 0.15) is 0 Å². The summed E-state index contributed by atoms with van der Waals surface area (Å²) in [5, 5.41) is 0.779. The number of hydrogen-bond donors (Lipinski definition) is 0. The summed E-state index contributed by atoms with van der Waals surface area (Å²) >= 11 is 6.44. The molecule has 0 spiro atoms. The number of nitrogens with zero attached hydrogens (tertiary/aromatic N) is 2. The van der Waals surface area contributed by atoms with E-state index in [1.807, 2.05) is 43.3 Å². The van der Waals surface area contributed by atoms with E-state index < -0.39 is 5.41 Å². The number of hydrogen-bond acceptors (Lipinski definition) is 4. The molecule has 0 amide bonds. The highest BCUT2D eigenvalue weighted by molar-refractivity contribution is 6.33. The quantitative estimate of drug-likeness (QED) is 0.251. The predicted molar refractivity (Wildman–Crippen MR) is 154 cm³/mol. The number of carbonyl (C=O) groups is 1. The molecule has 1 fully saturated rings. The van der Waals surface area contributed by atoms with Crippen LogP contribution in [0.4, 0.5) is 5.69 Å². The van der Waals surface area contributed by atoms with Crippen molar-refractivity contribution in [3.8, 4) is 11.1 Å². The standard InChI is InChI=1S/C32H39ClN2O2/c1-3-24-37-31(36)32(4-2,27-13-6-5-7-14-27)18-11-19-34-20-22-35(23-21-34)28-15-10-12-26(25-28)29-16-8-9-17-30(29)33/h5-10,12-17,25H,3-4,11,18-24H2,1-2H3. The maximum Gasteiger partial charge on any atom is 0.316 e. The first-order valence-electron chi connectivity index (χ1n) is 13.6. The molecule has 1 aliphatic heterocycles. The first-order chi connectivity index (χ1) is 18.1.